The van der Waals surface area contributed by atoms with Crippen LogP contribution in [0.15, 0.2) is 20.0 Å². The molecule has 0 aromatic rings. The van der Waals surface area contributed by atoms with Gasteiger partial charge in [-0.05, 0) is 22.6 Å². The molecule has 42 valence electrons. The molecule has 0 radical (unpaired) electrons. The molecular weight excluding hydrogens is 219 g/mol. The van der Waals surface area contributed by atoms with Crippen molar-refractivity contribution < 1.29 is 4.79 Å². The van der Waals surface area contributed by atoms with Gasteiger partial charge in [0.1, 0.15) is 0 Å². The standard InChI is InChI=1S/C4H3IN2O/c5-3-1-4(8)7-6-2-3/h2H,1H2. The number of hydrogen-bond acceptors (Lipinski definition) is 2. The molecule has 3 nitrogen and oxygen atoms in total. The first-order valence-electron chi connectivity index (χ1n) is 2.07. The molecule has 1 amide bonds. The molecule has 1 rings (SSSR count). The molecular formula is C4H3IN2O. The summed E-state index contributed by atoms with van der Waals surface area (Å²) in [7, 11) is 0. The summed E-state index contributed by atoms with van der Waals surface area (Å²) in [6.45, 7) is 0. The smallest absolute Gasteiger partial charge is 0.269 e. The molecule has 1 heterocycles. The van der Waals surface area contributed by atoms with Crippen LogP contribution >= 0.6 is 22.6 Å². The molecule has 1 aliphatic heterocycles. The summed E-state index contributed by atoms with van der Waals surface area (Å²) in [6.07, 6.45) is 2.01. The van der Waals surface area contributed by atoms with Crippen LogP contribution in [0.3, 0.4) is 0 Å². The molecule has 0 spiro atoms. The molecule has 0 unspecified atom stereocenters. The highest BCUT2D eigenvalue weighted by Gasteiger charge is 2.04. The summed E-state index contributed by atoms with van der Waals surface area (Å²) in [5.41, 5.74) is 0. The van der Waals surface area contributed by atoms with E-state index >= 15 is 0 Å². The predicted octanol–water partition coefficient (Wildman–Crippen LogP) is 1.65. The van der Waals surface area contributed by atoms with E-state index in [4.69, 9.17) is 0 Å². The number of hydrogen-bond donors (Lipinski definition) is 0. The van der Waals surface area contributed by atoms with E-state index < -0.39 is 0 Å². The number of amides is 1. The first-order chi connectivity index (χ1) is 3.79. The number of halogens is 1. The summed E-state index contributed by atoms with van der Waals surface area (Å²) < 4.78 is 0.947. The van der Waals surface area contributed by atoms with Gasteiger partial charge in [0.05, 0.1) is 12.6 Å². The van der Waals surface area contributed by atoms with Gasteiger partial charge in [0.2, 0.25) is 0 Å². The summed E-state index contributed by atoms with van der Waals surface area (Å²) in [5, 5.41) is 6.73. The topological polar surface area (TPSA) is 41.8 Å². The van der Waals surface area contributed by atoms with Gasteiger partial charge in [0, 0.05) is 3.58 Å². The minimum absolute atomic E-state index is 0.156. The van der Waals surface area contributed by atoms with E-state index in [2.05, 4.69) is 32.8 Å². The largest absolute Gasteiger partial charge is 0.270 e. The number of azo groups is 1. The van der Waals surface area contributed by atoms with Gasteiger partial charge in [-0.25, -0.2) is 0 Å². The second-order valence-corrected chi connectivity index (χ2v) is 2.75. The Hall–Kier alpha value is -0.260. The lowest BCUT2D eigenvalue weighted by Crippen LogP contribution is -1.93. The van der Waals surface area contributed by atoms with E-state index in [1.165, 1.54) is 0 Å². The van der Waals surface area contributed by atoms with Crippen LogP contribution in [0, 0.1) is 0 Å². The quantitative estimate of drug-likeness (QED) is 0.574. The number of carbonyl (C=O) groups is 1. The van der Waals surface area contributed by atoms with Crippen molar-refractivity contribution in [2.75, 3.05) is 0 Å². The van der Waals surface area contributed by atoms with Crippen molar-refractivity contribution in [3.8, 4) is 0 Å². The van der Waals surface area contributed by atoms with Crippen LogP contribution in [0.5, 0.6) is 0 Å². The maximum atomic E-state index is 10.4. The first kappa shape index (κ1) is 5.87. The highest BCUT2D eigenvalue weighted by molar-refractivity contribution is 14.1. The monoisotopic (exact) mass is 222 g/mol. The fourth-order valence-corrected chi connectivity index (χ4v) is 0.832. The molecule has 0 atom stereocenters. The Balaban J connectivity index is 2.73. The zero-order chi connectivity index (χ0) is 5.98. The first-order valence-corrected chi connectivity index (χ1v) is 3.15. The maximum Gasteiger partial charge on any atom is 0.269 e. The third kappa shape index (κ3) is 1.36. The van der Waals surface area contributed by atoms with E-state index in [0.29, 0.717) is 6.42 Å². The highest BCUT2D eigenvalue weighted by atomic mass is 127. The zero-order valence-electron chi connectivity index (χ0n) is 3.97. The van der Waals surface area contributed by atoms with Gasteiger partial charge < -0.3 is 0 Å². The number of carbonyl (C=O) groups excluding carboxylic acids is 1. The van der Waals surface area contributed by atoms with Crippen LogP contribution in [-0.2, 0) is 4.79 Å². The molecule has 0 aliphatic carbocycles. The Labute approximate surface area is 60.0 Å². The minimum Gasteiger partial charge on any atom is -0.270 e. The van der Waals surface area contributed by atoms with Crippen molar-refractivity contribution >= 4 is 28.5 Å². The van der Waals surface area contributed by atoms with Crippen LogP contribution in [0.2, 0.25) is 0 Å². The van der Waals surface area contributed by atoms with E-state index in [1.54, 1.807) is 6.20 Å². The molecule has 0 bridgehead atoms. The normalized spacial score (nSPS) is 18.6. The van der Waals surface area contributed by atoms with Crippen molar-refractivity contribution in [3.05, 3.63) is 9.78 Å². The zero-order valence-corrected chi connectivity index (χ0v) is 6.12. The van der Waals surface area contributed by atoms with Crippen molar-refractivity contribution in [1.29, 1.82) is 0 Å². The average Bonchev–Trinajstić information content (AvgIpc) is 1.64. The molecule has 4 heteroatoms. The van der Waals surface area contributed by atoms with E-state index in [0.717, 1.165) is 3.58 Å². The Morgan fingerprint density at radius 3 is 2.88 bits per heavy atom. The van der Waals surface area contributed by atoms with Gasteiger partial charge >= 0.3 is 0 Å². The summed E-state index contributed by atoms with van der Waals surface area (Å²) in [5.74, 6) is -0.156. The van der Waals surface area contributed by atoms with Crippen molar-refractivity contribution in [3.63, 3.8) is 0 Å². The molecule has 0 fully saturated rings. The molecule has 1 aliphatic rings. The SMILES string of the molecule is O=C1CC(I)=CN=N1. The Kier molecular flexibility index (Phi) is 1.72. The van der Waals surface area contributed by atoms with Crippen LogP contribution in [0.1, 0.15) is 6.42 Å². The van der Waals surface area contributed by atoms with E-state index in [1.807, 2.05) is 0 Å². The molecule has 0 aromatic carbocycles. The van der Waals surface area contributed by atoms with Crippen LogP contribution in [0.25, 0.3) is 0 Å². The van der Waals surface area contributed by atoms with Gasteiger partial charge in [0.15, 0.2) is 0 Å². The maximum absolute atomic E-state index is 10.4. The van der Waals surface area contributed by atoms with Gasteiger partial charge in [-0.2, -0.15) is 5.11 Å². The lowest BCUT2D eigenvalue weighted by Gasteiger charge is -1.94. The number of nitrogens with zero attached hydrogens (tertiary/aromatic N) is 2. The summed E-state index contributed by atoms with van der Waals surface area (Å²) in [6, 6.07) is 0. The van der Waals surface area contributed by atoms with Gasteiger partial charge in [-0.3, -0.25) is 4.79 Å². The van der Waals surface area contributed by atoms with Crippen molar-refractivity contribution in [2.45, 2.75) is 6.42 Å². The third-order valence-electron chi connectivity index (χ3n) is 0.687. The second kappa shape index (κ2) is 2.34. The van der Waals surface area contributed by atoms with Crippen LogP contribution < -0.4 is 0 Å². The van der Waals surface area contributed by atoms with Gasteiger partial charge in [-0.1, -0.05) is 0 Å². The second-order valence-electron chi connectivity index (χ2n) is 1.36. The van der Waals surface area contributed by atoms with Gasteiger partial charge in [-0.15, -0.1) is 5.11 Å². The van der Waals surface area contributed by atoms with Crippen LogP contribution in [-0.4, -0.2) is 5.91 Å². The predicted molar refractivity (Wildman–Crippen MR) is 36.6 cm³/mol. The van der Waals surface area contributed by atoms with Crippen LogP contribution in [0.4, 0.5) is 0 Å². The van der Waals surface area contributed by atoms with E-state index in [-0.39, 0.29) is 5.91 Å². The molecule has 8 heavy (non-hydrogen) atoms. The third-order valence-corrected chi connectivity index (χ3v) is 1.35. The average molecular weight is 222 g/mol. The number of rotatable bonds is 0. The fraction of sp³-hybridized carbons (Fsp3) is 0.250. The summed E-state index contributed by atoms with van der Waals surface area (Å²) in [4.78, 5) is 10.4. The minimum atomic E-state index is -0.156. The lowest BCUT2D eigenvalue weighted by atomic mass is 10.4. The fourth-order valence-electron chi connectivity index (χ4n) is 0.381. The van der Waals surface area contributed by atoms with Crippen molar-refractivity contribution in [1.82, 2.24) is 0 Å². The highest BCUT2D eigenvalue weighted by Crippen LogP contribution is 2.15. The lowest BCUT2D eigenvalue weighted by molar-refractivity contribution is -0.117. The Morgan fingerprint density at radius 1 is 1.75 bits per heavy atom. The van der Waals surface area contributed by atoms with Crippen molar-refractivity contribution in [2.24, 2.45) is 10.2 Å². The molecule has 0 aromatic heterocycles. The Bertz CT molecular complexity index is 173. The summed E-state index contributed by atoms with van der Waals surface area (Å²) >= 11 is 2.06. The Morgan fingerprint density at radius 2 is 2.50 bits per heavy atom. The molecule has 0 N–H and O–H groups in total. The van der Waals surface area contributed by atoms with E-state index in [9.17, 15) is 4.79 Å². The van der Waals surface area contributed by atoms with Gasteiger partial charge in [0.25, 0.3) is 5.91 Å². The molecule has 0 saturated carbocycles. The molecule has 0 saturated heterocycles.